The van der Waals surface area contributed by atoms with Crippen LogP contribution in [0, 0.1) is 18.6 Å². The molecule has 32 heavy (non-hydrogen) atoms. The van der Waals surface area contributed by atoms with Gasteiger partial charge in [-0.1, -0.05) is 44.2 Å². The maximum Gasteiger partial charge on any atom is 0.216 e. The first-order chi connectivity index (χ1) is 15.4. The first-order valence-electron chi connectivity index (χ1n) is 10.8. The van der Waals surface area contributed by atoms with E-state index in [-0.39, 0.29) is 5.82 Å². The predicted octanol–water partition coefficient (Wildman–Crippen LogP) is 7.45. The highest BCUT2D eigenvalue weighted by atomic mass is 19.1. The molecule has 0 fully saturated rings. The molecule has 0 amide bonds. The molecule has 2 nitrogen and oxygen atoms in total. The van der Waals surface area contributed by atoms with Crippen LogP contribution in [-0.2, 0) is 7.05 Å². The normalized spacial score (nSPS) is 11.7. The van der Waals surface area contributed by atoms with E-state index in [1.165, 1.54) is 11.6 Å². The van der Waals surface area contributed by atoms with Gasteiger partial charge in [-0.05, 0) is 47.7 Å². The summed E-state index contributed by atoms with van der Waals surface area (Å²) in [6.45, 7) is 6.16. The molecule has 2 heterocycles. The van der Waals surface area contributed by atoms with E-state index in [2.05, 4.69) is 26.0 Å². The number of hydrogen-bond donors (Lipinski definition) is 0. The minimum atomic E-state index is -0.395. The number of fused-ring (bicyclic) bond motifs is 3. The van der Waals surface area contributed by atoms with Crippen molar-refractivity contribution in [1.29, 1.82) is 0 Å². The lowest BCUT2D eigenvalue weighted by molar-refractivity contribution is -0.660. The monoisotopic (exact) mass is 428 g/mol. The van der Waals surface area contributed by atoms with E-state index < -0.39 is 5.82 Å². The van der Waals surface area contributed by atoms with Gasteiger partial charge in [0, 0.05) is 17.5 Å². The van der Waals surface area contributed by atoms with Crippen molar-refractivity contribution in [2.24, 2.45) is 7.05 Å². The zero-order chi connectivity index (χ0) is 22.6. The fraction of sp³-hybridized carbons (Fsp3) is 0.179. The van der Waals surface area contributed by atoms with Crippen molar-refractivity contribution in [3.8, 4) is 22.4 Å². The molecule has 0 aliphatic carbocycles. The summed E-state index contributed by atoms with van der Waals surface area (Å²) in [6, 6.07) is 18.0. The van der Waals surface area contributed by atoms with Gasteiger partial charge in [-0.2, -0.15) is 0 Å². The second-order valence-electron chi connectivity index (χ2n) is 8.63. The molecule has 4 heteroatoms. The third-order valence-electron chi connectivity index (χ3n) is 6.17. The van der Waals surface area contributed by atoms with Crippen LogP contribution >= 0.6 is 0 Å². The van der Waals surface area contributed by atoms with E-state index in [9.17, 15) is 4.39 Å². The first kappa shape index (κ1) is 20.4. The number of aromatic nitrogens is 1. The van der Waals surface area contributed by atoms with E-state index in [1.54, 1.807) is 12.1 Å². The second kappa shape index (κ2) is 7.56. The second-order valence-corrected chi connectivity index (χ2v) is 8.63. The molecular formula is C28H24F2NO+. The van der Waals surface area contributed by atoms with Crippen LogP contribution in [0.2, 0.25) is 0 Å². The maximum atomic E-state index is 15.3. The zero-order valence-corrected chi connectivity index (χ0v) is 18.5. The van der Waals surface area contributed by atoms with Crippen LogP contribution in [0.1, 0.15) is 30.9 Å². The molecule has 3 aromatic carbocycles. The van der Waals surface area contributed by atoms with E-state index in [0.29, 0.717) is 39.0 Å². The van der Waals surface area contributed by atoms with Gasteiger partial charge in [0.2, 0.25) is 5.69 Å². The highest BCUT2D eigenvalue weighted by Gasteiger charge is 2.26. The summed E-state index contributed by atoms with van der Waals surface area (Å²) in [5.74, 6) is -0.414. The Morgan fingerprint density at radius 2 is 1.59 bits per heavy atom. The molecule has 0 saturated heterocycles. The number of benzene rings is 3. The Kier molecular flexibility index (Phi) is 4.81. The first-order valence-corrected chi connectivity index (χ1v) is 10.8. The SMILES string of the molecule is Cc1cc(F)c2c(oc3c(-c4ccccc4)c(F)ccc32)c1-c1cc(C(C)C)cc[n+]1C. The van der Waals surface area contributed by atoms with Gasteiger partial charge in [0.05, 0.1) is 16.5 Å². The lowest BCUT2D eigenvalue weighted by Crippen LogP contribution is -2.31. The average Bonchev–Trinajstić information content (AvgIpc) is 3.14. The Balaban J connectivity index is 1.92. The number of pyridine rings is 1. The molecule has 0 saturated carbocycles. The molecular weight excluding hydrogens is 404 g/mol. The highest BCUT2D eigenvalue weighted by Crippen LogP contribution is 2.42. The molecule has 0 N–H and O–H groups in total. The van der Waals surface area contributed by atoms with Crippen molar-refractivity contribution in [3.05, 3.63) is 89.6 Å². The summed E-state index contributed by atoms with van der Waals surface area (Å²) < 4.78 is 38.6. The van der Waals surface area contributed by atoms with Gasteiger partial charge in [-0.3, -0.25) is 0 Å². The number of aryl methyl sites for hydroxylation is 2. The maximum absolute atomic E-state index is 15.3. The number of nitrogens with zero attached hydrogens (tertiary/aromatic N) is 1. The number of halogens is 2. The molecule has 5 rings (SSSR count). The molecule has 0 spiro atoms. The Labute approximate surface area is 185 Å². The fourth-order valence-electron chi connectivity index (χ4n) is 4.45. The quantitative estimate of drug-likeness (QED) is 0.273. The lowest BCUT2D eigenvalue weighted by atomic mass is 9.96. The van der Waals surface area contributed by atoms with Crippen LogP contribution in [0.15, 0.2) is 71.3 Å². The Morgan fingerprint density at radius 3 is 2.31 bits per heavy atom. The average molecular weight is 429 g/mol. The van der Waals surface area contributed by atoms with Crippen molar-refractivity contribution < 1.29 is 17.8 Å². The molecule has 0 bridgehead atoms. The van der Waals surface area contributed by atoms with Crippen molar-refractivity contribution in [3.63, 3.8) is 0 Å². The highest BCUT2D eigenvalue weighted by molar-refractivity contribution is 6.13. The summed E-state index contributed by atoms with van der Waals surface area (Å²) >= 11 is 0. The summed E-state index contributed by atoms with van der Waals surface area (Å²) in [7, 11) is 1.96. The molecule has 2 aromatic heterocycles. The van der Waals surface area contributed by atoms with E-state index >= 15 is 4.39 Å². The van der Waals surface area contributed by atoms with Gasteiger partial charge in [-0.15, -0.1) is 0 Å². The largest absolute Gasteiger partial charge is 0.454 e. The molecule has 160 valence electrons. The predicted molar refractivity (Wildman–Crippen MR) is 125 cm³/mol. The molecule has 5 aromatic rings. The van der Waals surface area contributed by atoms with Gasteiger partial charge >= 0.3 is 0 Å². The number of furan rings is 1. The summed E-state index contributed by atoms with van der Waals surface area (Å²) in [5.41, 5.74) is 5.55. The minimum absolute atomic E-state index is 0.348. The Morgan fingerprint density at radius 1 is 0.844 bits per heavy atom. The third-order valence-corrected chi connectivity index (χ3v) is 6.17. The van der Waals surface area contributed by atoms with Crippen LogP contribution in [0.3, 0.4) is 0 Å². The summed E-state index contributed by atoms with van der Waals surface area (Å²) in [5, 5.41) is 0.953. The summed E-state index contributed by atoms with van der Waals surface area (Å²) in [4.78, 5) is 0. The van der Waals surface area contributed by atoms with Gasteiger partial charge in [0.25, 0.3) is 0 Å². The minimum Gasteiger partial charge on any atom is -0.454 e. The third kappa shape index (κ3) is 3.10. The van der Waals surface area contributed by atoms with Gasteiger partial charge in [0.1, 0.15) is 24.3 Å². The van der Waals surface area contributed by atoms with Gasteiger partial charge in [-0.25, -0.2) is 13.3 Å². The van der Waals surface area contributed by atoms with Crippen molar-refractivity contribution in [2.75, 3.05) is 0 Å². The van der Waals surface area contributed by atoms with E-state index in [1.807, 2.05) is 55.1 Å². The van der Waals surface area contributed by atoms with Crippen molar-refractivity contribution in [2.45, 2.75) is 26.7 Å². The molecule has 0 radical (unpaired) electrons. The van der Waals surface area contributed by atoms with Crippen LogP contribution in [0.25, 0.3) is 44.3 Å². The standard InChI is InChI=1S/C28H24F2NO/c1-16(2)19-12-13-31(4)23(15-19)24-17(3)14-22(30)26-20-10-11-21(29)25(27(20)32-28(24)26)18-8-6-5-7-9-18/h5-16H,1-4H3/q+1. The van der Waals surface area contributed by atoms with Crippen LogP contribution in [-0.4, -0.2) is 0 Å². The Hall–Kier alpha value is -3.53. The van der Waals surface area contributed by atoms with Crippen molar-refractivity contribution in [1.82, 2.24) is 0 Å². The molecule has 0 atom stereocenters. The van der Waals surface area contributed by atoms with Crippen LogP contribution in [0.5, 0.6) is 0 Å². The van der Waals surface area contributed by atoms with E-state index in [4.69, 9.17) is 4.42 Å². The van der Waals surface area contributed by atoms with E-state index in [0.717, 1.165) is 16.8 Å². The lowest BCUT2D eigenvalue weighted by Gasteiger charge is -2.09. The van der Waals surface area contributed by atoms with Crippen LogP contribution < -0.4 is 4.57 Å². The Bertz CT molecular complexity index is 1480. The fourth-order valence-corrected chi connectivity index (χ4v) is 4.45. The molecule has 0 unspecified atom stereocenters. The molecule has 0 aliphatic heterocycles. The van der Waals surface area contributed by atoms with Crippen LogP contribution in [0.4, 0.5) is 8.78 Å². The number of hydrogen-bond acceptors (Lipinski definition) is 1. The smallest absolute Gasteiger partial charge is 0.216 e. The zero-order valence-electron chi connectivity index (χ0n) is 18.5. The summed E-state index contributed by atoms with van der Waals surface area (Å²) in [6.07, 6.45) is 2.01. The van der Waals surface area contributed by atoms with Crippen molar-refractivity contribution >= 4 is 21.9 Å². The molecule has 0 aliphatic rings. The van der Waals surface area contributed by atoms with Gasteiger partial charge < -0.3 is 4.42 Å². The number of rotatable bonds is 3. The van der Waals surface area contributed by atoms with Gasteiger partial charge in [0.15, 0.2) is 11.8 Å². The topological polar surface area (TPSA) is 17.0 Å².